The maximum atomic E-state index is 6.08. The maximum Gasteiger partial charge on any atom is 0.498 e. The first-order valence-electron chi connectivity index (χ1n) is 8.47. The molecule has 0 radical (unpaired) electrons. The van der Waals surface area contributed by atoms with Crippen molar-refractivity contribution in [3.8, 4) is 0 Å². The molecule has 3 aliphatic rings. The predicted octanol–water partition coefficient (Wildman–Crippen LogP) is 1.19. The Morgan fingerprint density at radius 1 is 1.22 bits per heavy atom. The highest BCUT2D eigenvalue weighted by atomic mass is 16.7. The molecule has 0 spiro atoms. The molecule has 0 aromatic carbocycles. The first-order valence-corrected chi connectivity index (χ1v) is 8.47. The molecular formula is C16H25BN2O4. The number of hydrogen-bond donors (Lipinski definition) is 0. The summed E-state index contributed by atoms with van der Waals surface area (Å²) >= 11 is 0. The van der Waals surface area contributed by atoms with Crippen LogP contribution in [0.1, 0.15) is 34.1 Å². The molecule has 23 heavy (non-hydrogen) atoms. The van der Waals surface area contributed by atoms with E-state index in [1.165, 1.54) is 0 Å². The summed E-state index contributed by atoms with van der Waals surface area (Å²) in [4.78, 5) is 0. The first kappa shape index (κ1) is 15.6. The van der Waals surface area contributed by atoms with Crippen molar-refractivity contribution >= 4 is 12.6 Å². The molecule has 0 N–H and O–H groups in total. The molecule has 3 saturated heterocycles. The van der Waals surface area contributed by atoms with Crippen molar-refractivity contribution < 1.29 is 18.8 Å². The lowest BCUT2D eigenvalue weighted by molar-refractivity contribution is -0.0905. The lowest BCUT2D eigenvalue weighted by atomic mass is 9.82. The summed E-state index contributed by atoms with van der Waals surface area (Å²) in [6.45, 7) is 10.7. The Balaban J connectivity index is 1.44. The Hall–Kier alpha value is -0.885. The maximum absolute atomic E-state index is 6.08. The molecule has 1 aromatic heterocycles. The van der Waals surface area contributed by atoms with Crippen LogP contribution >= 0.6 is 0 Å². The first-order chi connectivity index (χ1) is 10.9. The van der Waals surface area contributed by atoms with Gasteiger partial charge in [-0.05, 0) is 34.1 Å². The third-order valence-corrected chi connectivity index (χ3v) is 5.76. The van der Waals surface area contributed by atoms with Gasteiger partial charge in [0, 0.05) is 36.2 Å². The Labute approximate surface area is 137 Å². The van der Waals surface area contributed by atoms with Gasteiger partial charge in [-0.15, -0.1) is 0 Å². The average Bonchev–Trinajstić information content (AvgIpc) is 3.18. The molecule has 0 amide bonds. The fraction of sp³-hybridized carbons (Fsp3) is 0.812. The van der Waals surface area contributed by atoms with Crippen LogP contribution in [0.3, 0.4) is 0 Å². The topological polar surface area (TPSA) is 54.7 Å². The smallest absolute Gasteiger partial charge is 0.399 e. The minimum absolute atomic E-state index is 0.00173. The van der Waals surface area contributed by atoms with E-state index in [4.69, 9.17) is 18.8 Å². The third kappa shape index (κ3) is 2.63. The molecule has 6 nitrogen and oxygen atoms in total. The van der Waals surface area contributed by atoms with Crippen LogP contribution in [0.5, 0.6) is 0 Å². The number of ether oxygens (including phenoxy) is 2. The van der Waals surface area contributed by atoms with E-state index in [-0.39, 0.29) is 24.6 Å². The van der Waals surface area contributed by atoms with Gasteiger partial charge in [-0.2, -0.15) is 5.10 Å². The van der Waals surface area contributed by atoms with E-state index in [0.717, 1.165) is 31.6 Å². The van der Waals surface area contributed by atoms with E-state index in [1.54, 1.807) is 0 Å². The van der Waals surface area contributed by atoms with Gasteiger partial charge in [0.1, 0.15) is 0 Å². The van der Waals surface area contributed by atoms with E-state index in [1.807, 2.05) is 17.1 Å². The van der Waals surface area contributed by atoms with E-state index >= 15 is 0 Å². The highest BCUT2D eigenvalue weighted by molar-refractivity contribution is 6.61. The normalized spacial score (nSPS) is 35.0. The van der Waals surface area contributed by atoms with Gasteiger partial charge in [0.25, 0.3) is 0 Å². The number of rotatable bonds is 3. The van der Waals surface area contributed by atoms with Gasteiger partial charge in [0.05, 0.1) is 24.4 Å². The van der Waals surface area contributed by atoms with Crippen molar-refractivity contribution in [2.75, 3.05) is 13.2 Å². The van der Waals surface area contributed by atoms with Gasteiger partial charge in [0.15, 0.2) is 6.29 Å². The third-order valence-electron chi connectivity index (χ3n) is 5.76. The largest absolute Gasteiger partial charge is 0.498 e. The van der Waals surface area contributed by atoms with Gasteiger partial charge >= 0.3 is 7.12 Å². The van der Waals surface area contributed by atoms with Crippen molar-refractivity contribution in [3.05, 3.63) is 12.4 Å². The Morgan fingerprint density at radius 3 is 2.70 bits per heavy atom. The van der Waals surface area contributed by atoms with Gasteiger partial charge < -0.3 is 18.8 Å². The van der Waals surface area contributed by atoms with Gasteiger partial charge in [-0.3, -0.25) is 4.68 Å². The van der Waals surface area contributed by atoms with E-state index in [9.17, 15) is 0 Å². The van der Waals surface area contributed by atoms with Gasteiger partial charge in [-0.25, -0.2) is 0 Å². The fourth-order valence-corrected chi connectivity index (χ4v) is 3.56. The zero-order valence-corrected chi connectivity index (χ0v) is 14.3. The average molecular weight is 320 g/mol. The van der Waals surface area contributed by atoms with Crippen LogP contribution in [-0.2, 0) is 25.3 Å². The van der Waals surface area contributed by atoms with Crippen molar-refractivity contribution in [1.82, 2.24) is 9.78 Å². The summed E-state index contributed by atoms with van der Waals surface area (Å²) in [7, 11) is -0.351. The van der Waals surface area contributed by atoms with Crippen LogP contribution < -0.4 is 5.46 Å². The van der Waals surface area contributed by atoms with Gasteiger partial charge in [0.2, 0.25) is 0 Å². The summed E-state index contributed by atoms with van der Waals surface area (Å²) in [5.41, 5.74) is 0.322. The molecule has 3 atom stereocenters. The number of hydrogen-bond acceptors (Lipinski definition) is 5. The summed E-state index contributed by atoms with van der Waals surface area (Å²) in [5.74, 6) is 0.966. The second kappa shape index (κ2) is 5.31. The van der Waals surface area contributed by atoms with Crippen LogP contribution in [0.15, 0.2) is 12.4 Å². The molecule has 3 fully saturated rings. The quantitative estimate of drug-likeness (QED) is 0.783. The zero-order valence-electron chi connectivity index (χ0n) is 14.3. The molecule has 0 saturated carbocycles. The Bertz CT molecular complexity index is 572. The summed E-state index contributed by atoms with van der Waals surface area (Å²) in [5, 5.41) is 4.49. The molecule has 0 aliphatic carbocycles. The van der Waals surface area contributed by atoms with Crippen molar-refractivity contribution in [1.29, 1.82) is 0 Å². The van der Waals surface area contributed by atoms with E-state index in [2.05, 4.69) is 32.8 Å². The second-order valence-electron chi connectivity index (χ2n) is 7.87. The molecular weight excluding hydrogens is 295 g/mol. The van der Waals surface area contributed by atoms with Crippen LogP contribution in [0.25, 0.3) is 0 Å². The SMILES string of the molecule is CC1(C)OB(c2cnn(CC3COC4OCCC34)c2)OC1(C)C. The molecule has 3 aliphatic heterocycles. The van der Waals surface area contributed by atoms with Crippen molar-refractivity contribution in [3.63, 3.8) is 0 Å². The lowest BCUT2D eigenvalue weighted by Crippen LogP contribution is -2.41. The molecule has 4 heterocycles. The molecule has 0 bridgehead atoms. The van der Waals surface area contributed by atoms with E-state index in [0.29, 0.717) is 11.8 Å². The van der Waals surface area contributed by atoms with Crippen LogP contribution in [0, 0.1) is 11.8 Å². The molecule has 4 rings (SSSR count). The monoisotopic (exact) mass is 320 g/mol. The number of aromatic nitrogens is 2. The zero-order chi connectivity index (χ0) is 16.2. The van der Waals surface area contributed by atoms with Crippen LogP contribution in [0.4, 0.5) is 0 Å². The number of fused-ring (bicyclic) bond motifs is 1. The highest BCUT2D eigenvalue weighted by Gasteiger charge is 2.52. The molecule has 126 valence electrons. The minimum Gasteiger partial charge on any atom is -0.399 e. The molecule has 1 aromatic rings. The van der Waals surface area contributed by atoms with Crippen molar-refractivity contribution in [2.24, 2.45) is 11.8 Å². The second-order valence-corrected chi connectivity index (χ2v) is 7.87. The Morgan fingerprint density at radius 2 is 1.96 bits per heavy atom. The van der Waals surface area contributed by atoms with E-state index < -0.39 is 0 Å². The standard InChI is InChI=1S/C16H25BN2O4/c1-15(2)16(3,4)23-17(22-15)12-7-18-19(9-12)8-11-10-21-14-13(11)5-6-20-14/h7,9,11,13-14H,5-6,8,10H2,1-4H3. The Kier molecular flexibility index (Phi) is 3.61. The number of nitrogens with zero attached hydrogens (tertiary/aromatic N) is 2. The highest BCUT2D eigenvalue weighted by Crippen LogP contribution is 2.37. The minimum atomic E-state index is -0.351. The lowest BCUT2D eigenvalue weighted by Gasteiger charge is -2.32. The van der Waals surface area contributed by atoms with Crippen LogP contribution in [-0.4, -0.2) is 47.6 Å². The summed E-state index contributed by atoms with van der Waals surface area (Å²) in [6.07, 6.45) is 4.96. The molecule has 3 unspecified atom stereocenters. The predicted molar refractivity (Wildman–Crippen MR) is 85.2 cm³/mol. The van der Waals surface area contributed by atoms with Crippen LogP contribution in [0.2, 0.25) is 0 Å². The van der Waals surface area contributed by atoms with Gasteiger partial charge in [-0.1, -0.05) is 0 Å². The molecule has 7 heteroatoms. The summed E-state index contributed by atoms with van der Waals surface area (Å²) < 4.78 is 25.4. The fourth-order valence-electron chi connectivity index (χ4n) is 3.56. The van der Waals surface area contributed by atoms with Crippen molar-refractivity contribution in [2.45, 2.75) is 58.2 Å². The summed E-state index contributed by atoms with van der Waals surface area (Å²) in [6, 6.07) is 0.